The van der Waals surface area contributed by atoms with Crippen LogP contribution in [0.15, 0.2) is 29.0 Å². The summed E-state index contributed by atoms with van der Waals surface area (Å²) < 4.78 is 10.3. The Morgan fingerprint density at radius 3 is 2.61 bits per heavy atom. The zero-order valence-corrected chi connectivity index (χ0v) is 10.7. The maximum atomic E-state index is 11.8. The highest BCUT2D eigenvalue weighted by Crippen LogP contribution is 2.29. The van der Waals surface area contributed by atoms with Gasteiger partial charge in [-0.2, -0.15) is 0 Å². The molecular formula is C14H15NO3. The van der Waals surface area contributed by atoms with Crippen LogP contribution in [0, 0.1) is 13.8 Å². The van der Waals surface area contributed by atoms with Crippen LogP contribution in [-0.4, -0.2) is 17.6 Å². The topological polar surface area (TPSA) is 52.3 Å². The van der Waals surface area contributed by atoms with Crippen molar-refractivity contribution in [2.24, 2.45) is 0 Å². The number of benzene rings is 1. The number of carbonyl (C=O) groups is 1. The van der Waals surface area contributed by atoms with Crippen LogP contribution in [0.1, 0.15) is 28.5 Å². The predicted octanol–water partition coefficient (Wildman–Crippen LogP) is 3.14. The van der Waals surface area contributed by atoms with Crippen molar-refractivity contribution in [3.05, 3.63) is 41.4 Å². The van der Waals surface area contributed by atoms with Gasteiger partial charge in [0.25, 0.3) is 0 Å². The molecule has 0 N–H and O–H groups in total. The molecule has 0 saturated heterocycles. The summed E-state index contributed by atoms with van der Waals surface area (Å²) in [6.07, 6.45) is 1.27. The number of oxazole rings is 1. The number of rotatable bonds is 3. The molecule has 18 heavy (non-hydrogen) atoms. The summed E-state index contributed by atoms with van der Waals surface area (Å²) in [5.74, 6) is 0.0213. The van der Waals surface area contributed by atoms with Gasteiger partial charge < -0.3 is 9.15 Å². The van der Waals surface area contributed by atoms with Gasteiger partial charge in [0.15, 0.2) is 17.8 Å². The van der Waals surface area contributed by atoms with Crippen LogP contribution in [0.3, 0.4) is 0 Å². The molecule has 0 atom stereocenters. The fourth-order valence-corrected chi connectivity index (χ4v) is 1.94. The third kappa shape index (κ3) is 2.14. The summed E-state index contributed by atoms with van der Waals surface area (Å²) in [5.41, 5.74) is 3.21. The molecule has 0 aliphatic rings. The van der Waals surface area contributed by atoms with Crippen LogP contribution in [0.2, 0.25) is 0 Å². The number of esters is 1. The van der Waals surface area contributed by atoms with E-state index in [1.165, 1.54) is 6.39 Å². The number of hydrogen-bond acceptors (Lipinski definition) is 4. The summed E-state index contributed by atoms with van der Waals surface area (Å²) in [6.45, 7) is 6.02. The quantitative estimate of drug-likeness (QED) is 0.779. The summed E-state index contributed by atoms with van der Waals surface area (Å²) in [7, 11) is 0. The summed E-state index contributed by atoms with van der Waals surface area (Å²) in [5, 5.41) is 0. The molecular weight excluding hydrogens is 230 g/mol. The number of aromatic nitrogens is 1. The molecule has 0 unspecified atom stereocenters. The van der Waals surface area contributed by atoms with Gasteiger partial charge in [0.2, 0.25) is 0 Å². The molecule has 1 aromatic carbocycles. The van der Waals surface area contributed by atoms with Gasteiger partial charge in [0.05, 0.1) is 6.61 Å². The van der Waals surface area contributed by atoms with E-state index in [0.29, 0.717) is 12.4 Å². The van der Waals surface area contributed by atoms with Crippen molar-refractivity contribution in [1.82, 2.24) is 4.98 Å². The number of hydrogen-bond donors (Lipinski definition) is 0. The fourth-order valence-electron chi connectivity index (χ4n) is 1.94. The second kappa shape index (κ2) is 5.04. The SMILES string of the molecule is CCOC(=O)c1ncoc1-c1c(C)cccc1C. The first-order valence-corrected chi connectivity index (χ1v) is 5.82. The zero-order valence-electron chi connectivity index (χ0n) is 10.7. The average molecular weight is 245 g/mol. The third-order valence-corrected chi connectivity index (χ3v) is 2.74. The van der Waals surface area contributed by atoms with E-state index in [9.17, 15) is 4.79 Å². The van der Waals surface area contributed by atoms with Crippen LogP contribution in [0.5, 0.6) is 0 Å². The lowest BCUT2D eigenvalue weighted by Crippen LogP contribution is -2.07. The van der Waals surface area contributed by atoms with Gasteiger partial charge in [0.1, 0.15) is 0 Å². The van der Waals surface area contributed by atoms with E-state index < -0.39 is 5.97 Å². The molecule has 0 saturated carbocycles. The molecule has 0 bridgehead atoms. The van der Waals surface area contributed by atoms with Crippen LogP contribution in [0.4, 0.5) is 0 Å². The number of carbonyl (C=O) groups excluding carboxylic acids is 1. The van der Waals surface area contributed by atoms with E-state index in [-0.39, 0.29) is 5.69 Å². The molecule has 1 aromatic heterocycles. The summed E-state index contributed by atoms with van der Waals surface area (Å²) >= 11 is 0. The van der Waals surface area contributed by atoms with Crippen molar-refractivity contribution < 1.29 is 13.9 Å². The molecule has 0 radical (unpaired) electrons. The average Bonchev–Trinajstić information content (AvgIpc) is 2.78. The Balaban J connectivity index is 2.52. The van der Waals surface area contributed by atoms with Crippen LogP contribution >= 0.6 is 0 Å². The molecule has 4 heteroatoms. The van der Waals surface area contributed by atoms with E-state index in [2.05, 4.69) is 4.98 Å². The Kier molecular flexibility index (Phi) is 3.46. The van der Waals surface area contributed by atoms with Crippen molar-refractivity contribution >= 4 is 5.97 Å². The maximum absolute atomic E-state index is 11.8. The highest BCUT2D eigenvalue weighted by atomic mass is 16.5. The molecule has 1 heterocycles. The second-order valence-corrected chi connectivity index (χ2v) is 4.02. The summed E-state index contributed by atoms with van der Waals surface area (Å²) in [6, 6.07) is 5.91. The minimum atomic E-state index is -0.455. The normalized spacial score (nSPS) is 10.4. The number of ether oxygens (including phenoxy) is 1. The van der Waals surface area contributed by atoms with Gasteiger partial charge in [-0.15, -0.1) is 0 Å². The first kappa shape index (κ1) is 12.4. The lowest BCUT2D eigenvalue weighted by atomic mass is 10.00. The molecule has 0 amide bonds. The highest BCUT2D eigenvalue weighted by Gasteiger charge is 2.21. The Morgan fingerprint density at radius 1 is 1.33 bits per heavy atom. The molecule has 94 valence electrons. The molecule has 2 rings (SSSR count). The molecule has 2 aromatic rings. The Bertz CT molecular complexity index is 552. The standard InChI is InChI=1S/C14H15NO3/c1-4-17-14(16)12-13(18-8-15-12)11-9(2)6-5-7-10(11)3/h5-8H,4H2,1-3H3. The van der Waals surface area contributed by atoms with Crippen LogP contribution in [0.25, 0.3) is 11.3 Å². The van der Waals surface area contributed by atoms with E-state index in [4.69, 9.17) is 9.15 Å². The molecule has 0 spiro atoms. The first-order valence-electron chi connectivity index (χ1n) is 5.82. The first-order chi connectivity index (χ1) is 8.65. The van der Waals surface area contributed by atoms with E-state index in [1.54, 1.807) is 6.92 Å². The van der Waals surface area contributed by atoms with Crippen molar-refractivity contribution in [2.75, 3.05) is 6.61 Å². The van der Waals surface area contributed by atoms with E-state index >= 15 is 0 Å². The molecule has 0 aliphatic heterocycles. The Hall–Kier alpha value is -2.10. The van der Waals surface area contributed by atoms with Crippen molar-refractivity contribution in [1.29, 1.82) is 0 Å². The minimum absolute atomic E-state index is 0.231. The molecule has 0 fully saturated rings. The smallest absolute Gasteiger partial charge is 0.360 e. The predicted molar refractivity (Wildman–Crippen MR) is 67.4 cm³/mol. The number of aryl methyl sites for hydroxylation is 2. The van der Waals surface area contributed by atoms with Gasteiger partial charge in [-0.25, -0.2) is 9.78 Å². The van der Waals surface area contributed by atoms with Gasteiger partial charge in [0, 0.05) is 5.56 Å². The minimum Gasteiger partial charge on any atom is -0.461 e. The Morgan fingerprint density at radius 2 is 2.00 bits per heavy atom. The maximum Gasteiger partial charge on any atom is 0.360 e. The fraction of sp³-hybridized carbons (Fsp3) is 0.286. The zero-order chi connectivity index (χ0) is 13.1. The van der Waals surface area contributed by atoms with Gasteiger partial charge in [-0.3, -0.25) is 0 Å². The largest absolute Gasteiger partial charge is 0.461 e. The summed E-state index contributed by atoms with van der Waals surface area (Å²) in [4.78, 5) is 15.7. The van der Waals surface area contributed by atoms with Crippen LogP contribution in [-0.2, 0) is 4.74 Å². The van der Waals surface area contributed by atoms with E-state index in [0.717, 1.165) is 16.7 Å². The second-order valence-electron chi connectivity index (χ2n) is 4.02. The lowest BCUT2D eigenvalue weighted by molar-refractivity contribution is 0.0520. The third-order valence-electron chi connectivity index (χ3n) is 2.74. The lowest BCUT2D eigenvalue weighted by Gasteiger charge is -2.07. The molecule has 4 nitrogen and oxygen atoms in total. The monoisotopic (exact) mass is 245 g/mol. The van der Waals surface area contributed by atoms with Crippen molar-refractivity contribution in [2.45, 2.75) is 20.8 Å². The van der Waals surface area contributed by atoms with E-state index in [1.807, 2.05) is 32.0 Å². The van der Waals surface area contributed by atoms with Crippen molar-refractivity contribution in [3.8, 4) is 11.3 Å². The Labute approximate surface area is 106 Å². The van der Waals surface area contributed by atoms with Crippen LogP contribution < -0.4 is 0 Å². The molecule has 0 aliphatic carbocycles. The van der Waals surface area contributed by atoms with Gasteiger partial charge in [-0.1, -0.05) is 18.2 Å². The van der Waals surface area contributed by atoms with Gasteiger partial charge in [-0.05, 0) is 31.9 Å². The van der Waals surface area contributed by atoms with Gasteiger partial charge >= 0.3 is 5.97 Å². The number of nitrogens with zero attached hydrogens (tertiary/aromatic N) is 1. The highest BCUT2D eigenvalue weighted by molar-refractivity contribution is 5.94. The van der Waals surface area contributed by atoms with Crippen molar-refractivity contribution in [3.63, 3.8) is 0 Å².